The van der Waals surface area contributed by atoms with E-state index in [9.17, 15) is 4.79 Å². The maximum atomic E-state index is 12.4. The van der Waals surface area contributed by atoms with Crippen molar-refractivity contribution in [3.8, 4) is 0 Å². The van der Waals surface area contributed by atoms with Crippen LogP contribution in [-0.4, -0.2) is 70.9 Å². The predicted octanol–water partition coefficient (Wildman–Crippen LogP) is 1.10. The molecule has 1 atom stereocenters. The highest BCUT2D eigenvalue weighted by Crippen LogP contribution is 2.21. The Morgan fingerprint density at radius 1 is 1.24 bits per heavy atom. The number of carbonyl (C=O) groups excluding carboxylic acids is 1. The smallest absolute Gasteiger partial charge is 0.264 e. The molecular formula is C16H23N7OS. The van der Waals surface area contributed by atoms with Gasteiger partial charge < -0.3 is 15.5 Å². The van der Waals surface area contributed by atoms with Crippen LogP contribution in [0.4, 0.5) is 11.9 Å². The number of thiophene rings is 1. The van der Waals surface area contributed by atoms with E-state index in [1.807, 2.05) is 41.4 Å². The zero-order valence-corrected chi connectivity index (χ0v) is 15.5. The van der Waals surface area contributed by atoms with Gasteiger partial charge in [-0.25, -0.2) is 0 Å². The molecule has 25 heavy (non-hydrogen) atoms. The molecule has 0 bridgehead atoms. The van der Waals surface area contributed by atoms with E-state index < -0.39 is 0 Å². The Morgan fingerprint density at radius 3 is 2.56 bits per heavy atom. The van der Waals surface area contributed by atoms with Crippen molar-refractivity contribution in [2.45, 2.75) is 13.0 Å². The van der Waals surface area contributed by atoms with Crippen LogP contribution < -0.4 is 10.6 Å². The number of hydrogen-bond acceptors (Lipinski definition) is 8. The van der Waals surface area contributed by atoms with Gasteiger partial charge in [0, 0.05) is 40.3 Å². The van der Waals surface area contributed by atoms with Gasteiger partial charge in [0.05, 0.1) is 10.9 Å². The summed E-state index contributed by atoms with van der Waals surface area (Å²) < 4.78 is 0. The summed E-state index contributed by atoms with van der Waals surface area (Å²) in [6.45, 7) is 5.01. The molecule has 9 heteroatoms. The number of piperazine rings is 1. The molecular weight excluding hydrogens is 338 g/mol. The van der Waals surface area contributed by atoms with Gasteiger partial charge in [0.1, 0.15) is 0 Å². The minimum atomic E-state index is 0.0167. The Morgan fingerprint density at radius 2 is 1.96 bits per heavy atom. The van der Waals surface area contributed by atoms with Crippen molar-refractivity contribution >= 4 is 29.1 Å². The number of nitrogen functional groups attached to an aromatic ring is 1. The lowest BCUT2D eigenvalue weighted by molar-refractivity contribution is 0.0580. The molecule has 2 N–H and O–H groups in total. The van der Waals surface area contributed by atoms with Crippen molar-refractivity contribution in [3.05, 3.63) is 28.2 Å². The molecule has 1 fully saturated rings. The minimum absolute atomic E-state index is 0.0167. The van der Waals surface area contributed by atoms with Gasteiger partial charge in [0.15, 0.2) is 5.82 Å². The summed E-state index contributed by atoms with van der Waals surface area (Å²) in [6, 6.07) is 3.80. The lowest BCUT2D eigenvalue weighted by atomic mass is 10.2. The number of amides is 1. The molecule has 1 aliphatic rings. The largest absolute Gasteiger partial charge is 0.368 e. The van der Waals surface area contributed by atoms with E-state index in [2.05, 4.69) is 26.8 Å². The molecule has 0 radical (unpaired) electrons. The molecule has 3 rings (SSSR count). The van der Waals surface area contributed by atoms with Gasteiger partial charge in [0.2, 0.25) is 11.9 Å². The normalized spacial score (nSPS) is 16.7. The molecule has 2 aromatic rings. The highest BCUT2D eigenvalue weighted by atomic mass is 32.1. The Kier molecular flexibility index (Phi) is 5.14. The van der Waals surface area contributed by atoms with Crippen LogP contribution in [0.5, 0.6) is 0 Å². The third kappa shape index (κ3) is 3.88. The average molecular weight is 361 g/mol. The fourth-order valence-electron chi connectivity index (χ4n) is 2.82. The predicted molar refractivity (Wildman–Crippen MR) is 98.8 cm³/mol. The molecule has 8 nitrogen and oxygen atoms in total. The van der Waals surface area contributed by atoms with Gasteiger partial charge >= 0.3 is 0 Å². The zero-order chi connectivity index (χ0) is 18.0. The summed E-state index contributed by atoms with van der Waals surface area (Å²) >= 11 is 1.48. The van der Waals surface area contributed by atoms with Crippen LogP contribution in [0.25, 0.3) is 0 Å². The molecule has 0 unspecified atom stereocenters. The number of aromatic nitrogens is 3. The second-order valence-corrected chi connectivity index (χ2v) is 7.18. The molecule has 0 aromatic carbocycles. The highest BCUT2D eigenvalue weighted by molar-refractivity contribution is 7.12. The van der Waals surface area contributed by atoms with Crippen LogP contribution in [0.1, 0.15) is 28.5 Å². The van der Waals surface area contributed by atoms with Gasteiger partial charge in [-0.05, 0) is 18.4 Å². The lowest BCUT2D eigenvalue weighted by Gasteiger charge is -2.37. The van der Waals surface area contributed by atoms with Crippen LogP contribution in [0.3, 0.4) is 0 Å². The quantitative estimate of drug-likeness (QED) is 0.872. The second kappa shape index (κ2) is 7.32. The van der Waals surface area contributed by atoms with Gasteiger partial charge in [0.25, 0.3) is 5.91 Å². The van der Waals surface area contributed by atoms with Crippen LogP contribution in [0.2, 0.25) is 0 Å². The van der Waals surface area contributed by atoms with Crippen LogP contribution in [0.15, 0.2) is 17.5 Å². The Labute approximate surface area is 151 Å². The molecule has 1 amide bonds. The summed E-state index contributed by atoms with van der Waals surface area (Å²) in [4.78, 5) is 32.2. The standard InChI is InChI=1S/C16H23N7OS/c1-11(13-18-15(17)20-16(19-13)21(2)3)22-6-8-23(9-7-22)14(24)12-5-4-10-25-12/h4-5,10-11H,6-9H2,1-3H3,(H2,17,18,19,20)/t11-/m1/s1. The van der Waals surface area contributed by atoms with E-state index in [4.69, 9.17) is 5.73 Å². The summed E-state index contributed by atoms with van der Waals surface area (Å²) in [7, 11) is 3.75. The fraction of sp³-hybridized carbons (Fsp3) is 0.500. The Balaban J connectivity index is 1.65. The first-order valence-electron chi connectivity index (χ1n) is 8.21. The molecule has 1 aliphatic heterocycles. The Hall–Kier alpha value is -2.26. The number of nitrogens with zero attached hydrogens (tertiary/aromatic N) is 6. The molecule has 3 heterocycles. The van der Waals surface area contributed by atoms with E-state index in [1.54, 1.807) is 0 Å². The van der Waals surface area contributed by atoms with Crippen LogP contribution in [0, 0.1) is 0 Å². The van der Waals surface area contributed by atoms with Crippen molar-refractivity contribution in [1.29, 1.82) is 0 Å². The van der Waals surface area contributed by atoms with Crippen molar-refractivity contribution in [3.63, 3.8) is 0 Å². The summed E-state index contributed by atoms with van der Waals surface area (Å²) in [6.07, 6.45) is 0. The lowest BCUT2D eigenvalue weighted by Crippen LogP contribution is -2.49. The van der Waals surface area contributed by atoms with E-state index in [-0.39, 0.29) is 17.9 Å². The van der Waals surface area contributed by atoms with Crippen molar-refractivity contribution in [2.24, 2.45) is 0 Å². The number of anilines is 2. The molecule has 0 saturated carbocycles. The number of nitrogens with two attached hydrogens (primary N) is 1. The number of hydrogen-bond donors (Lipinski definition) is 1. The van der Waals surface area contributed by atoms with Crippen molar-refractivity contribution in [2.75, 3.05) is 50.9 Å². The van der Waals surface area contributed by atoms with E-state index >= 15 is 0 Å². The average Bonchev–Trinajstić information content (AvgIpc) is 3.14. The van der Waals surface area contributed by atoms with Crippen molar-refractivity contribution < 1.29 is 4.79 Å². The third-order valence-electron chi connectivity index (χ3n) is 4.31. The van der Waals surface area contributed by atoms with Gasteiger partial charge in [-0.3, -0.25) is 9.69 Å². The summed E-state index contributed by atoms with van der Waals surface area (Å²) in [5, 5.41) is 1.93. The summed E-state index contributed by atoms with van der Waals surface area (Å²) in [5.74, 6) is 1.56. The minimum Gasteiger partial charge on any atom is -0.368 e. The van der Waals surface area contributed by atoms with Gasteiger partial charge in [-0.2, -0.15) is 15.0 Å². The molecule has 134 valence electrons. The summed E-state index contributed by atoms with van der Waals surface area (Å²) in [5.41, 5.74) is 5.82. The maximum absolute atomic E-state index is 12.4. The van der Waals surface area contributed by atoms with E-state index in [1.165, 1.54) is 11.3 Å². The maximum Gasteiger partial charge on any atom is 0.264 e. The third-order valence-corrected chi connectivity index (χ3v) is 5.17. The Bertz CT molecular complexity index is 726. The van der Waals surface area contributed by atoms with Gasteiger partial charge in [-0.1, -0.05) is 6.07 Å². The number of carbonyl (C=O) groups is 1. The highest BCUT2D eigenvalue weighted by Gasteiger charge is 2.27. The van der Waals surface area contributed by atoms with Crippen molar-refractivity contribution in [1.82, 2.24) is 24.8 Å². The first kappa shape index (κ1) is 17.6. The monoisotopic (exact) mass is 361 g/mol. The van der Waals surface area contributed by atoms with Crippen LogP contribution in [-0.2, 0) is 0 Å². The second-order valence-electron chi connectivity index (χ2n) is 6.23. The molecule has 2 aromatic heterocycles. The van der Waals surface area contributed by atoms with E-state index in [0.717, 1.165) is 18.0 Å². The first-order valence-corrected chi connectivity index (χ1v) is 9.09. The first-order chi connectivity index (χ1) is 12.0. The van der Waals surface area contributed by atoms with E-state index in [0.29, 0.717) is 24.9 Å². The fourth-order valence-corrected chi connectivity index (χ4v) is 3.51. The van der Waals surface area contributed by atoms with Gasteiger partial charge in [-0.15, -0.1) is 11.3 Å². The number of rotatable bonds is 4. The SMILES string of the molecule is C[C@H](c1nc(N)nc(N(C)C)n1)N1CCN(C(=O)c2cccs2)CC1. The van der Waals surface area contributed by atoms with Crippen LogP contribution >= 0.6 is 11.3 Å². The molecule has 1 saturated heterocycles. The zero-order valence-electron chi connectivity index (χ0n) is 14.7. The molecule has 0 aliphatic carbocycles. The molecule has 0 spiro atoms. The topological polar surface area (TPSA) is 91.5 Å².